The fourth-order valence-electron chi connectivity index (χ4n) is 2.29. The number of rotatable bonds is 6. The molecule has 2 rings (SSSR count). The van der Waals surface area contributed by atoms with Crippen LogP contribution in [-0.2, 0) is 6.54 Å². The van der Waals surface area contributed by atoms with Crippen molar-refractivity contribution in [1.82, 2.24) is 15.1 Å². The largest absolute Gasteiger partial charge is 0.313 e. The van der Waals surface area contributed by atoms with E-state index in [0.29, 0.717) is 18.2 Å². The number of nitrogens with one attached hydrogen (secondary N) is 1. The maximum atomic E-state index is 14.2. The van der Waals surface area contributed by atoms with E-state index in [1.165, 1.54) is 0 Å². The van der Waals surface area contributed by atoms with E-state index in [-0.39, 0.29) is 5.82 Å². The van der Waals surface area contributed by atoms with Crippen molar-refractivity contribution < 1.29 is 4.39 Å². The molecule has 0 fully saturated rings. The Hall–Kier alpha value is -1.68. The Morgan fingerprint density at radius 2 is 2.10 bits per heavy atom. The second-order valence-electron chi connectivity index (χ2n) is 5.68. The predicted octanol–water partition coefficient (Wildman–Crippen LogP) is 4.08. The molecule has 1 aromatic carbocycles. The van der Waals surface area contributed by atoms with E-state index >= 15 is 0 Å². The van der Waals surface area contributed by atoms with Crippen molar-refractivity contribution in [3.63, 3.8) is 0 Å². The Labute approximate surface area is 126 Å². The van der Waals surface area contributed by atoms with Gasteiger partial charge in [-0.3, -0.25) is 4.68 Å². The molecule has 0 radical (unpaired) electrons. The molecule has 2 aromatic rings. The molecule has 21 heavy (non-hydrogen) atoms. The Morgan fingerprint density at radius 3 is 2.67 bits per heavy atom. The minimum atomic E-state index is -0.159. The third kappa shape index (κ3) is 3.70. The van der Waals surface area contributed by atoms with Gasteiger partial charge in [-0.1, -0.05) is 19.1 Å². The van der Waals surface area contributed by atoms with E-state index in [2.05, 4.69) is 31.2 Å². The van der Waals surface area contributed by atoms with E-state index in [1.54, 1.807) is 6.07 Å². The van der Waals surface area contributed by atoms with Gasteiger partial charge in [-0.15, -0.1) is 0 Å². The first-order valence-corrected chi connectivity index (χ1v) is 7.58. The number of aryl methyl sites for hydroxylation is 1. The molecule has 1 aromatic heterocycles. The molecule has 0 atom stereocenters. The molecular formula is C17H24FN3. The number of hydrogen-bond donors (Lipinski definition) is 1. The lowest BCUT2D eigenvalue weighted by atomic mass is 10.0. The van der Waals surface area contributed by atoms with E-state index < -0.39 is 0 Å². The molecule has 0 aliphatic carbocycles. The second-order valence-corrected chi connectivity index (χ2v) is 5.68. The molecule has 0 unspecified atom stereocenters. The molecular weight excluding hydrogens is 265 g/mol. The molecule has 0 aliphatic rings. The number of aromatic nitrogens is 2. The summed E-state index contributed by atoms with van der Waals surface area (Å²) in [6.45, 7) is 9.70. The van der Waals surface area contributed by atoms with Crippen molar-refractivity contribution in [3.05, 3.63) is 41.5 Å². The highest BCUT2D eigenvalue weighted by molar-refractivity contribution is 5.65. The quantitative estimate of drug-likeness (QED) is 0.812. The number of nitrogens with zero attached hydrogens (tertiary/aromatic N) is 2. The fourth-order valence-corrected chi connectivity index (χ4v) is 2.29. The van der Waals surface area contributed by atoms with Gasteiger partial charge in [-0.05, 0) is 45.4 Å². The molecule has 0 saturated carbocycles. The monoisotopic (exact) mass is 289 g/mol. The molecule has 4 heteroatoms. The van der Waals surface area contributed by atoms with Crippen LogP contribution in [0.3, 0.4) is 0 Å². The third-order valence-electron chi connectivity index (χ3n) is 3.55. The predicted molar refractivity (Wildman–Crippen MR) is 84.7 cm³/mol. The van der Waals surface area contributed by atoms with Gasteiger partial charge in [0.05, 0.1) is 5.69 Å². The minimum absolute atomic E-state index is 0.159. The maximum absolute atomic E-state index is 14.2. The summed E-state index contributed by atoms with van der Waals surface area (Å²) >= 11 is 0. The highest BCUT2D eigenvalue weighted by Gasteiger charge is 2.11. The van der Waals surface area contributed by atoms with Crippen molar-refractivity contribution in [2.45, 2.75) is 46.7 Å². The summed E-state index contributed by atoms with van der Waals surface area (Å²) in [7, 11) is 0. The van der Waals surface area contributed by atoms with Gasteiger partial charge in [0.15, 0.2) is 0 Å². The van der Waals surface area contributed by atoms with Gasteiger partial charge in [0.1, 0.15) is 5.82 Å². The van der Waals surface area contributed by atoms with Crippen molar-refractivity contribution in [3.8, 4) is 11.1 Å². The first-order valence-electron chi connectivity index (χ1n) is 7.58. The number of hydrogen-bond acceptors (Lipinski definition) is 2. The van der Waals surface area contributed by atoms with E-state index in [4.69, 9.17) is 0 Å². The molecule has 0 saturated heterocycles. The average Bonchev–Trinajstić information content (AvgIpc) is 2.83. The number of benzene rings is 1. The van der Waals surface area contributed by atoms with E-state index in [1.807, 2.05) is 29.9 Å². The summed E-state index contributed by atoms with van der Waals surface area (Å²) in [6.07, 6.45) is 3.04. The van der Waals surface area contributed by atoms with Gasteiger partial charge in [0, 0.05) is 29.9 Å². The van der Waals surface area contributed by atoms with Crippen LogP contribution in [0.4, 0.5) is 4.39 Å². The van der Waals surface area contributed by atoms with Crippen LogP contribution < -0.4 is 5.32 Å². The van der Waals surface area contributed by atoms with Crippen LogP contribution in [0.1, 0.15) is 44.5 Å². The van der Waals surface area contributed by atoms with Crippen LogP contribution in [0.5, 0.6) is 0 Å². The highest BCUT2D eigenvalue weighted by Crippen LogP contribution is 2.25. The highest BCUT2D eigenvalue weighted by atomic mass is 19.1. The zero-order valence-corrected chi connectivity index (χ0v) is 13.3. The second kappa shape index (κ2) is 6.85. The van der Waals surface area contributed by atoms with Crippen LogP contribution in [0.25, 0.3) is 11.1 Å². The standard InChI is InChI=1S/C17H24FN3/c1-5-8-19-10-15-7-6-14(9-17(15)18)16-11-21(12(2)3)20-13(16)4/h6-7,9,11-12,19H,5,8,10H2,1-4H3. The lowest BCUT2D eigenvalue weighted by molar-refractivity contribution is 0.529. The smallest absolute Gasteiger partial charge is 0.128 e. The molecule has 0 bridgehead atoms. The van der Waals surface area contributed by atoms with Crippen molar-refractivity contribution in [2.24, 2.45) is 0 Å². The van der Waals surface area contributed by atoms with Gasteiger partial charge < -0.3 is 5.32 Å². The van der Waals surface area contributed by atoms with Crippen molar-refractivity contribution >= 4 is 0 Å². The van der Waals surface area contributed by atoms with Gasteiger partial charge >= 0.3 is 0 Å². The Kier molecular flexibility index (Phi) is 5.12. The number of halogens is 1. The van der Waals surface area contributed by atoms with Gasteiger partial charge in [-0.2, -0.15) is 5.10 Å². The minimum Gasteiger partial charge on any atom is -0.313 e. The fraction of sp³-hybridized carbons (Fsp3) is 0.471. The Balaban J connectivity index is 2.23. The SMILES string of the molecule is CCCNCc1ccc(-c2cn(C(C)C)nc2C)cc1F. The normalized spacial score (nSPS) is 11.3. The molecule has 0 aliphatic heterocycles. The summed E-state index contributed by atoms with van der Waals surface area (Å²) in [5, 5.41) is 7.71. The summed E-state index contributed by atoms with van der Waals surface area (Å²) in [6, 6.07) is 5.75. The topological polar surface area (TPSA) is 29.9 Å². The Bertz CT molecular complexity index is 602. The molecule has 1 heterocycles. The van der Waals surface area contributed by atoms with E-state index in [0.717, 1.165) is 29.8 Å². The molecule has 3 nitrogen and oxygen atoms in total. The summed E-state index contributed by atoms with van der Waals surface area (Å²) in [4.78, 5) is 0. The van der Waals surface area contributed by atoms with Gasteiger partial charge in [0.25, 0.3) is 0 Å². The lowest BCUT2D eigenvalue weighted by Gasteiger charge is -2.07. The third-order valence-corrected chi connectivity index (χ3v) is 3.55. The summed E-state index contributed by atoms with van der Waals surface area (Å²) in [5.74, 6) is -0.159. The molecule has 0 amide bonds. The van der Waals surface area contributed by atoms with Crippen LogP contribution in [0.2, 0.25) is 0 Å². The van der Waals surface area contributed by atoms with Crippen molar-refractivity contribution in [1.29, 1.82) is 0 Å². The first-order chi connectivity index (χ1) is 10.0. The summed E-state index contributed by atoms with van der Waals surface area (Å²) < 4.78 is 16.1. The molecule has 114 valence electrons. The van der Waals surface area contributed by atoms with Crippen LogP contribution in [-0.4, -0.2) is 16.3 Å². The maximum Gasteiger partial charge on any atom is 0.128 e. The average molecular weight is 289 g/mol. The summed E-state index contributed by atoms with van der Waals surface area (Å²) in [5.41, 5.74) is 3.52. The van der Waals surface area contributed by atoms with Gasteiger partial charge in [0.2, 0.25) is 0 Å². The van der Waals surface area contributed by atoms with Crippen LogP contribution in [0, 0.1) is 12.7 Å². The van der Waals surface area contributed by atoms with Crippen LogP contribution >= 0.6 is 0 Å². The zero-order valence-electron chi connectivity index (χ0n) is 13.3. The van der Waals surface area contributed by atoms with Gasteiger partial charge in [-0.25, -0.2) is 4.39 Å². The Morgan fingerprint density at radius 1 is 1.33 bits per heavy atom. The van der Waals surface area contributed by atoms with Crippen molar-refractivity contribution in [2.75, 3.05) is 6.54 Å². The molecule has 0 spiro atoms. The first kappa shape index (κ1) is 15.7. The lowest BCUT2D eigenvalue weighted by Crippen LogP contribution is -2.14. The van der Waals surface area contributed by atoms with Crippen LogP contribution in [0.15, 0.2) is 24.4 Å². The van der Waals surface area contributed by atoms with E-state index in [9.17, 15) is 4.39 Å². The zero-order chi connectivity index (χ0) is 15.4. The molecule has 1 N–H and O–H groups in total.